The minimum absolute atomic E-state index is 0.286. The normalized spacial score (nSPS) is 18.8. The Labute approximate surface area is 174 Å². The van der Waals surface area contributed by atoms with E-state index in [4.69, 9.17) is 21.1 Å². The number of amides is 1. The summed E-state index contributed by atoms with van der Waals surface area (Å²) in [5, 5.41) is 0.172. The highest BCUT2D eigenvalue weighted by molar-refractivity contribution is 7.99. The molecule has 0 saturated carbocycles. The minimum Gasteiger partial charge on any atom is -0.496 e. The topological polar surface area (TPSA) is 55.8 Å². The molecule has 0 aromatic heterocycles. The van der Waals surface area contributed by atoms with Crippen molar-refractivity contribution in [2.24, 2.45) is 0 Å². The number of hydrogen-bond donors (Lipinski definition) is 0. The maximum absolute atomic E-state index is 13.5. The molecule has 1 heterocycles. The molecule has 0 radical (unpaired) electrons. The van der Waals surface area contributed by atoms with Crippen molar-refractivity contribution in [1.82, 2.24) is 4.90 Å². The molecule has 0 N–H and O–H groups in total. The molecule has 1 fully saturated rings. The van der Waals surface area contributed by atoms with Gasteiger partial charge in [-0.25, -0.2) is 4.79 Å². The summed E-state index contributed by atoms with van der Waals surface area (Å²) < 4.78 is 10.7. The third-order valence-electron chi connectivity index (χ3n) is 4.46. The van der Waals surface area contributed by atoms with Crippen LogP contribution in [0.1, 0.15) is 34.6 Å². The molecule has 148 valence electrons. The van der Waals surface area contributed by atoms with Crippen molar-refractivity contribution in [3.63, 3.8) is 0 Å². The zero-order chi connectivity index (χ0) is 20.1. The molecule has 0 spiro atoms. The van der Waals surface area contributed by atoms with Crippen LogP contribution in [0.25, 0.3) is 0 Å². The van der Waals surface area contributed by atoms with E-state index in [1.54, 1.807) is 35.2 Å². The lowest BCUT2D eigenvalue weighted by atomic mass is 10.1. The zero-order valence-corrected chi connectivity index (χ0v) is 17.3. The van der Waals surface area contributed by atoms with Crippen LogP contribution in [0.15, 0.2) is 48.5 Å². The fourth-order valence-electron chi connectivity index (χ4n) is 3.11. The number of rotatable bonds is 6. The average Bonchev–Trinajstić information content (AvgIpc) is 3.16. The van der Waals surface area contributed by atoms with Crippen molar-refractivity contribution >= 4 is 35.2 Å². The summed E-state index contributed by atoms with van der Waals surface area (Å²) in [7, 11) is 1.52. The average molecular weight is 420 g/mol. The van der Waals surface area contributed by atoms with Gasteiger partial charge in [0.25, 0.3) is 5.91 Å². The summed E-state index contributed by atoms with van der Waals surface area (Å²) in [6.45, 7) is 2.26. The van der Waals surface area contributed by atoms with Crippen LogP contribution in [0.4, 0.5) is 0 Å². The first-order valence-electron chi connectivity index (χ1n) is 9.06. The molecule has 28 heavy (non-hydrogen) atoms. The van der Waals surface area contributed by atoms with Crippen molar-refractivity contribution < 1.29 is 19.1 Å². The summed E-state index contributed by atoms with van der Waals surface area (Å²) in [6.07, 6.45) is 0.722. The number of carbonyl (C=O) groups excluding carboxylic acids is 2. The monoisotopic (exact) mass is 419 g/mol. The van der Waals surface area contributed by atoms with Gasteiger partial charge >= 0.3 is 5.97 Å². The number of ether oxygens (including phenoxy) is 2. The Kier molecular flexibility index (Phi) is 6.86. The van der Waals surface area contributed by atoms with Gasteiger partial charge < -0.3 is 14.4 Å². The SMILES string of the molecule is CCCOC(=O)[C@H]1CS[C@@H](c2ccccc2Cl)N1C(=O)c1ccccc1OC. The number of benzene rings is 2. The fourth-order valence-corrected chi connectivity index (χ4v) is 4.86. The molecule has 2 aromatic carbocycles. The van der Waals surface area contributed by atoms with Crippen LogP contribution < -0.4 is 4.74 Å². The van der Waals surface area contributed by atoms with Crippen molar-refractivity contribution in [3.8, 4) is 5.75 Å². The number of hydrogen-bond acceptors (Lipinski definition) is 5. The van der Waals surface area contributed by atoms with Gasteiger partial charge in [0.15, 0.2) is 0 Å². The number of esters is 1. The van der Waals surface area contributed by atoms with Gasteiger partial charge in [-0.05, 0) is 24.6 Å². The predicted molar refractivity (Wildman–Crippen MR) is 111 cm³/mol. The molecule has 2 aromatic rings. The van der Waals surface area contributed by atoms with Crippen LogP contribution in [0.3, 0.4) is 0 Å². The second-order valence-electron chi connectivity index (χ2n) is 6.30. The Hall–Kier alpha value is -2.18. The first kappa shape index (κ1) is 20.6. The van der Waals surface area contributed by atoms with E-state index in [0.29, 0.717) is 28.7 Å². The molecule has 7 heteroatoms. The Morgan fingerprint density at radius 2 is 1.89 bits per heavy atom. The van der Waals surface area contributed by atoms with E-state index in [9.17, 15) is 9.59 Å². The highest BCUT2D eigenvalue weighted by Crippen LogP contribution is 2.45. The second-order valence-corrected chi connectivity index (χ2v) is 7.82. The zero-order valence-electron chi connectivity index (χ0n) is 15.8. The first-order valence-corrected chi connectivity index (χ1v) is 10.5. The van der Waals surface area contributed by atoms with E-state index in [0.717, 1.165) is 12.0 Å². The van der Waals surface area contributed by atoms with Crippen molar-refractivity contribution in [2.45, 2.75) is 24.8 Å². The lowest BCUT2D eigenvalue weighted by molar-refractivity contribution is -0.148. The summed E-state index contributed by atoms with van der Waals surface area (Å²) in [5.74, 6) is 0.222. The fraction of sp³-hybridized carbons (Fsp3) is 0.333. The Morgan fingerprint density at radius 1 is 1.18 bits per heavy atom. The summed E-state index contributed by atoms with van der Waals surface area (Å²) in [4.78, 5) is 27.7. The van der Waals surface area contributed by atoms with E-state index in [-0.39, 0.29) is 11.3 Å². The highest BCUT2D eigenvalue weighted by atomic mass is 35.5. The van der Waals surface area contributed by atoms with Crippen LogP contribution >= 0.6 is 23.4 Å². The van der Waals surface area contributed by atoms with Crippen molar-refractivity contribution in [3.05, 3.63) is 64.7 Å². The number of methoxy groups -OCH3 is 1. The van der Waals surface area contributed by atoms with Gasteiger partial charge in [-0.15, -0.1) is 11.8 Å². The predicted octanol–water partition coefficient (Wildman–Crippen LogP) is 4.56. The second kappa shape index (κ2) is 9.34. The van der Waals surface area contributed by atoms with Gasteiger partial charge in [-0.3, -0.25) is 4.79 Å². The van der Waals surface area contributed by atoms with Crippen LogP contribution in [-0.4, -0.2) is 42.3 Å². The third kappa shape index (κ3) is 4.13. The van der Waals surface area contributed by atoms with Gasteiger partial charge in [0.1, 0.15) is 17.2 Å². The van der Waals surface area contributed by atoms with Crippen LogP contribution in [0.5, 0.6) is 5.75 Å². The molecule has 0 unspecified atom stereocenters. The maximum Gasteiger partial charge on any atom is 0.329 e. The molecule has 1 saturated heterocycles. The van der Waals surface area contributed by atoms with E-state index in [1.165, 1.54) is 18.9 Å². The highest BCUT2D eigenvalue weighted by Gasteiger charge is 2.44. The van der Waals surface area contributed by atoms with E-state index < -0.39 is 12.0 Å². The molecule has 1 amide bonds. The van der Waals surface area contributed by atoms with Gasteiger partial charge in [0.2, 0.25) is 0 Å². The van der Waals surface area contributed by atoms with Crippen LogP contribution in [-0.2, 0) is 9.53 Å². The van der Waals surface area contributed by atoms with Gasteiger partial charge in [-0.2, -0.15) is 0 Å². The number of thioether (sulfide) groups is 1. The molecular formula is C21H22ClNO4S. The van der Waals surface area contributed by atoms with E-state index in [1.807, 2.05) is 25.1 Å². The molecule has 0 aliphatic carbocycles. The first-order chi connectivity index (χ1) is 13.6. The summed E-state index contributed by atoms with van der Waals surface area (Å²) >= 11 is 7.90. The van der Waals surface area contributed by atoms with Crippen molar-refractivity contribution in [2.75, 3.05) is 19.5 Å². The number of halogens is 1. The molecule has 0 bridgehead atoms. The minimum atomic E-state index is -0.685. The molecule has 3 rings (SSSR count). The number of nitrogens with zero attached hydrogens (tertiary/aromatic N) is 1. The quantitative estimate of drug-likeness (QED) is 0.642. The summed E-state index contributed by atoms with van der Waals surface area (Å²) in [5.41, 5.74) is 1.20. The van der Waals surface area contributed by atoms with E-state index in [2.05, 4.69) is 0 Å². The molecule has 5 nitrogen and oxygen atoms in total. The van der Waals surface area contributed by atoms with E-state index >= 15 is 0 Å². The molecule has 1 aliphatic heterocycles. The lowest BCUT2D eigenvalue weighted by Gasteiger charge is -2.29. The third-order valence-corrected chi connectivity index (χ3v) is 6.11. The van der Waals surface area contributed by atoms with Crippen molar-refractivity contribution in [1.29, 1.82) is 0 Å². The molecule has 1 aliphatic rings. The van der Waals surface area contributed by atoms with Crippen LogP contribution in [0, 0.1) is 0 Å². The van der Waals surface area contributed by atoms with Gasteiger partial charge in [-0.1, -0.05) is 48.9 Å². The number of para-hydroxylation sites is 1. The van der Waals surface area contributed by atoms with Gasteiger partial charge in [0, 0.05) is 16.3 Å². The Bertz CT molecular complexity index is 860. The number of carbonyl (C=O) groups is 2. The summed E-state index contributed by atoms with van der Waals surface area (Å²) in [6, 6.07) is 13.7. The Balaban J connectivity index is 2.01. The standard InChI is InChI=1S/C21H22ClNO4S/c1-3-12-27-21(25)17-13-28-20(14-8-4-6-10-16(14)22)23(17)19(24)15-9-5-7-11-18(15)26-2/h4-11,17,20H,3,12-13H2,1-2H3/t17-,20+/m1/s1. The molecule has 2 atom stereocenters. The smallest absolute Gasteiger partial charge is 0.329 e. The lowest BCUT2D eigenvalue weighted by Crippen LogP contribution is -2.44. The van der Waals surface area contributed by atoms with Gasteiger partial charge in [0.05, 0.1) is 19.3 Å². The maximum atomic E-state index is 13.5. The Morgan fingerprint density at radius 3 is 2.61 bits per heavy atom. The largest absolute Gasteiger partial charge is 0.496 e. The van der Waals surface area contributed by atoms with Crippen LogP contribution in [0.2, 0.25) is 5.02 Å². The molecular weight excluding hydrogens is 398 g/mol.